The van der Waals surface area contributed by atoms with Crippen molar-refractivity contribution in [3.05, 3.63) is 56.7 Å². The van der Waals surface area contributed by atoms with Gasteiger partial charge in [0.25, 0.3) is 11.5 Å². The number of nitrogens with zero attached hydrogens (tertiary/aromatic N) is 3. The fourth-order valence-corrected chi connectivity index (χ4v) is 4.91. The Kier molecular flexibility index (Phi) is 5.82. The number of nitrogens with one attached hydrogen (secondary N) is 2. The van der Waals surface area contributed by atoms with Crippen LogP contribution < -0.4 is 10.9 Å². The first kappa shape index (κ1) is 19.8. The monoisotopic (exact) mass is 413 g/mol. The van der Waals surface area contributed by atoms with Crippen LogP contribution in [0.25, 0.3) is 4.96 Å². The molecule has 0 unspecified atom stereocenters. The van der Waals surface area contributed by atoms with Crippen molar-refractivity contribution in [3.8, 4) is 0 Å². The minimum Gasteiger partial charge on any atom is -0.346 e. The van der Waals surface area contributed by atoms with Gasteiger partial charge in [0.05, 0.1) is 12.2 Å². The molecule has 2 N–H and O–H groups in total. The minimum absolute atomic E-state index is 0.129. The molecular weight excluding hydrogens is 386 g/mol. The van der Waals surface area contributed by atoms with Gasteiger partial charge >= 0.3 is 0 Å². The molecule has 29 heavy (non-hydrogen) atoms. The van der Waals surface area contributed by atoms with E-state index in [1.54, 1.807) is 17.4 Å². The number of rotatable bonds is 7. The number of aryl methyl sites for hydroxylation is 1. The van der Waals surface area contributed by atoms with E-state index in [0.29, 0.717) is 6.54 Å². The predicted molar refractivity (Wildman–Crippen MR) is 114 cm³/mol. The Bertz CT molecular complexity index is 1030. The third-order valence-corrected chi connectivity index (χ3v) is 6.36. The maximum absolute atomic E-state index is 12.4. The molecule has 3 heterocycles. The van der Waals surface area contributed by atoms with Crippen molar-refractivity contribution >= 4 is 22.2 Å². The summed E-state index contributed by atoms with van der Waals surface area (Å²) in [5, 5.41) is 2.79. The third kappa shape index (κ3) is 4.76. The first-order chi connectivity index (χ1) is 14.0. The van der Waals surface area contributed by atoms with Gasteiger partial charge in [-0.05, 0) is 44.9 Å². The number of thiazole rings is 1. The van der Waals surface area contributed by atoms with Crippen molar-refractivity contribution < 1.29 is 4.79 Å². The number of H-pyrrole nitrogens is 1. The molecular formula is C21H27N5O2S. The number of hydrogen-bond acceptors (Lipinski definition) is 5. The minimum atomic E-state index is -0.385. The number of aromatic nitrogens is 3. The second-order valence-corrected chi connectivity index (χ2v) is 9.23. The van der Waals surface area contributed by atoms with E-state index in [-0.39, 0.29) is 23.6 Å². The summed E-state index contributed by atoms with van der Waals surface area (Å²) in [4.78, 5) is 36.5. The molecule has 154 valence electrons. The van der Waals surface area contributed by atoms with Gasteiger partial charge in [-0.15, -0.1) is 11.3 Å². The number of hydrogen-bond donors (Lipinski definition) is 2. The normalized spacial score (nSPS) is 14.9. The Labute approximate surface area is 173 Å². The molecule has 4 rings (SSSR count). The van der Waals surface area contributed by atoms with Crippen LogP contribution in [0.2, 0.25) is 0 Å². The molecule has 0 aromatic carbocycles. The lowest BCUT2D eigenvalue weighted by atomic mass is 10.1. The molecule has 0 atom stereocenters. The summed E-state index contributed by atoms with van der Waals surface area (Å²) in [6, 6.07) is 3.44. The smallest absolute Gasteiger partial charge is 0.261 e. The van der Waals surface area contributed by atoms with Crippen LogP contribution in [0.5, 0.6) is 0 Å². The highest BCUT2D eigenvalue weighted by Crippen LogP contribution is 2.25. The molecule has 3 aromatic rings. The molecule has 0 bridgehead atoms. The highest BCUT2D eigenvalue weighted by Gasteiger charge is 2.17. The summed E-state index contributed by atoms with van der Waals surface area (Å²) >= 11 is 1.60. The maximum Gasteiger partial charge on any atom is 0.261 e. The zero-order valence-electron chi connectivity index (χ0n) is 16.9. The summed E-state index contributed by atoms with van der Waals surface area (Å²) in [6.45, 7) is 4.05. The quantitative estimate of drug-likeness (QED) is 0.624. The van der Waals surface area contributed by atoms with Gasteiger partial charge in [0, 0.05) is 36.1 Å². The van der Waals surface area contributed by atoms with Crippen molar-refractivity contribution in [2.75, 3.05) is 13.6 Å². The molecule has 8 heteroatoms. The topological polar surface area (TPSA) is 82.5 Å². The maximum atomic E-state index is 12.4. The van der Waals surface area contributed by atoms with E-state index in [9.17, 15) is 9.59 Å². The second kappa shape index (κ2) is 8.51. The number of pyridine rings is 1. The highest BCUT2D eigenvalue weighted by atomic mass is 32.1. The Balaban J connectivity index is 1.34. The van der Waals surface area contributed by atoms with Gasteiger partial charge in [-0.25, -0.2) is 4.98 Å². The first-order valence-electron chi connectivity index (χ1n) is 10.1. The molecule has 1 aliphatic carbocycles. The average Bonchev–Trinajstić information content (AvgIpc) is 3.36. The third-order valence-electron chi connectivity index (χ3n) is 5.45. The van der Waals surface area contributed by atoms with Crippen molar-refractivity contribution in [2.24, 2.45) is 5.92 Å². The van der Waals surface area contributed by atoms with Crippen LogP contribution in [0, 0.1) is 12.8 Å². The summed E-state index contributed by atoms with van der Waals surface area (Å²) < 4.78 is 1.95. The fourth-order valence-electron chi connectivity index (χ4n) is 4.09. The van der Waals surface area contributed by atoms with E-state index in [4.69, 9.17) is 0 Å². The van der Waals surface area contributed by atoms with Crippen LogP contribution in [-0.4, -0.2) is 38.8 Å². The number of imidazole rings is 1. The van der Waals surface area contributed by atoms with Crippen LogP contribution in [0.15, 0.2) is 29.3 Å². The van der Waals surface area contributed by atoms with Gasteiger partial charge in [-0.2, -0.15) is 0 Å². The van der Waals surface area contributed by atoms with E-state index in [1.165, 1.54) is 30.6 Å². The Morgan fingerprint density at radius 1 is 1.34 bits per heavy atom. The second-order valence-electron chi connectivity index (χ2n) is 8.02. The molecule has 1 aliphatic rings. The van der Waals surface area contributed by atoms with E-state index in [1.807, 2.05) is 29.8 Å². The first-order valence-corrected chi connectivity index (χ1v) is 10.9. The zero-order chi connectivity index (χ0) is 20.4. The number of aromatic amines is 1. The van der Waals surface area contributed by atoms with Crippen molar-refractivity contribution in [1.29, 1.82) is 0 Å². The lowest BCUT2D eigenvalue weighted by molar-refractivity contribution is 0.0949. The standard InChI is InChI=1S/C21H27N5O2S/c1-14-10-26-13-17(24-21(26)29-14)9-22-19(27)18-8-7-16(23-20(18)28)12-25(2)11-15-5-3-4-6-15/h7-8,10,13,15H,3-6,9,11-12H2,1-2H3,(H,22,27)(H,23,28). The highest BCUT2D eigenvalue weighted by molar-refractivity contribution is 7.16. The Hall–Kier alpha value is -2.45. The summed E-state index contributed by atoms with van der Waals surface area (Å²) in [7, 11) is 2.08. The molecule has 0 aliphatic heterocycles. The lowest BCUT2D eigenvalue weighted by Crippen LogP contribution is -2.31. The fraction of sp³-hybridized carbons (Fsp3) is 0.476. The van der Waals surface area contributed by atoms with Crippen LogP contribution in [0.4, 0.5) is 0 Å². The number of carbonyl (C=O) groups excluding carboxylic acids is 1. The van der Waals surface area contributed by atoms with Crippen molar-refractivity contribution in [3.63, 3.8) is 0 Å². The lowest BCUT2D eigenvalue weighted by Gasteiger charge is -2.20. The Morgan fingerprint density at radius 3 is 2.86 bits per heavy atom. The predicted octanol–water partition coefficient (Wildman–Crippen LogP) is 2.94. The van der Waals surface area contributed by atoms with Crippen molar-refractivity contribution in [2.45, 2.75) is 45.7 Å². The molecule has 3 aromatic heterocycles. The van der Waals surface area contributed by atoms with Gasteiger partial charge in [0.15, 0.2) is 4.96 Å². The molecule has 1 saturated carbocycles. The van der Waals surface area contributed by atoms with Gasteiger partial charge in [0.2, 0.25) is 0 Å². The van der Waals surface area contributed by atoms with Crippen LogP contribution in [0.1, 0.15) is 52.3 Å². The number of amides is 1. The molecule has 0 spiro atoms. The van der Waals surface area contributed by atoms with E-state index >= 15 is 0 Å². The number of carbonyl (C=O) groups is 1. The van der Waals surface area contributed by atoms with Gasteiger partial charge in [0.1, 0.15) is 5.56 Å². The summed E-state index contributed by atoms with van der Waals surface area (Å²) in [5.41, 5.74) is 1.38. The van der Waals surface area contributed by atoms with Crippen LogP contribution >= 0.6 is 11.3 Å². The van der Waals surface area contributed by atoms with Gasteiger partial charge < -0.3 is 15.2 Å². The summed E-state index contributed by atoms with van der Waals surface area (Å²) in [5.74, 6) is 0.378. The SMILES string of the molecule is Cc1cn2cc(CNC(=O)c3ccc(CN(C)CC4CCCC4)[nH]c3=O)nc2s1. The molecule has 0 saturated heterocycles. The van der Waals surface area contributed by atoms with Crippen LogP contribution in [0.3, 0.4) is 0 Å². The van der Waals surface area contributed by atoms with Gasteiger partial charge in [-0.3, -0.25) is 14.0 Å². The van der Waals surface area contributed by atoms with E-state index < -0.39 is 0 Å². The molecule has 7 nitrogen and oxygen atoms in total. The average molecular weight is 414 g/mol. The molecule has 1 amide bonds. The van der Waals surface area contributed by atoms with E-state index in [0.717, 1.165) is 28.8 Å². The summed E-state index contributed by atoms with van der Waals surface area (Å²) in [6.07, 6.45) is 9.16. The molecule has 0 radical (unpaired) electrons. The van der Waals surface area contributed by atoms with Crippen molar-refractivity contribution in [1.82, 2.24) is 24.6 Å². The van der Waals surface area contributed by atoms with Crippen LogP contribution in [-0.2, 0) is 13.1 Å². The van der Waals surface area contributed by atoms with Gasteiger partial charge in [-0.1, -0.05) is 12.8 Å². The van der Waals surface area contributed by atoms with E-state index in [2.05, 4.69) is 27.2 Å². The number of fused-ring (bicyclic) bond motifs is 1. The zero-order valence-corrected chi connectivity index (χ0v) is 17.7. The Morgan fingerprint density at radius 2 is 2.14 bits per heavy atom. The molecule has 1 fully saturated rings. The largest absolute Gasteiger partial charge is 0.346 e.